The van der Waals surface area contributed by atoms with E-state index in [1.54, 1.807) is 0 Å². The molecule has 0 radical (unpaired) electrons. The summed E-state index contributed by atoms with van der Waals surface area (Å²) in [5, 5.41) is 3.49. The zero-order chi connectivity index (χ0) is 14.2. The number of hydrogen-bond acceptors (Lipinski definition) is 6. The predicted octanol–water partition coefficient (Wildman–Crippen LogP) is 0.315. The van der Waals surface area contributed by atoms with Crippen LogP contribution in [0.4, 0.5) is 10.2 Å². The van der Waals surface area contributed by atoms with Crippen LogP contribution in [0.1, 0.15) is 11.5 Å². The molecule has 2 heterocycles. The topological polar surface area (TPSA) is 118 Å². The van der Waals surface area contributed by atoms with Crippen LogP contribution in [0.2, 0.25) is 0 Å². The highest BCUT2D eigenvalue weighted by Crippen LogP contribution is 2.21. The summed E-state index contributed by atoms with van der Waals surface area (Å²) >= 11 is 0. The normalized spacial score (nSPS) is 11.5. The summed E-state index contributed by atoms with van der Waals surface area (Å²) in [5.41, 5.74) is -0.750. The minimum Gasteiger partial charge on any atom is -0.360 e. The van der Waals surface area contributed by atoms with E-state index < -0.39 is 27.3 Å². The van der Waals surface area contributed by atoms with Gasteiger partial charge in [-0.2, -0.15) is 4.98 Å². The van der Waals surface area contributed by atoms with E-state index in [9.17, 15) is 17.6 Å². The fourth-order valence-electron chi connectivity index (χ4n) is 1.50. The Morgan fingerprint density at radius 1 is 1.42 bits per heavy atom. The average molecular weight is 288 g/mol. The molecule has 102 valence electrons. The number of sulfonamides is 1. The summed E-state index contributed by atoms with van der Waals surface area (Å²) in [4.78, 5) is 15.8. The van der Waals surface area contributed by atoms with Crippen molar-refractivity contribution in [1.82, 2.24) is 15.1 Å². The van der Waals surface area contributed by atoms with Crippen LogP contribution < -0.4 is 10.4 Å². The molecule has 0 aliphatic carbocycles. The van der Waals surface area contributed by atoms with Gasteiger partial charge in [0.05, 0.1) is 6.20 Å². The summed E-state index contributed by atoms with van der Waals surface area (Å²) in [6.07, 6.45) is 0.615. The third-order valence-corrected chi connectivity index (χ3v) is 3.83. The summed E-state index contributed by atoms with van der Waals surface area (Å²) in [6, 6.07) is 0. The van der Waals surface area contributed by atoms with E-state index in [1.165, 1.54) is 13.8 Å². The smallest absolute Gasteiger partial charge is 0.346 e. The molecule has 0 aliphatic heterocycles. The minimum atomic E-state index is -4.11. The molecular formula is C9H9FN4O4S. The Morgan fingerprint density at radius 2 is 2.11 bits per heavy atom. The van der Waals surface area contributed by atoms with Gasteiger partial charge in [-0.1, -0.05) is 5.16 Å². The van der Waals surface area contributed by atoms with Crippen molar-refractivity contribution < 1.29 is 17.3 Å². The molecule has 2 N–H and O–H groups in total. The number of anilines is 1. The van der Waals surface area contributed by atoms with E-state index in [4.69, 9.17) is 4.52 Å². The molecule has 10 heteroatoms. The molecule has 2 aromatic rings. The van der Waals surface area contributed by atoms with E-state index >= 15 is 0 Å². The van der Waals surface area contributed by atoms with Gasteiger partial charge in [-0.25, -0.2) is 17.6 Å². The lowest BCUT2D eigenvalue weighted by atomic mass is 10.4. The van der Waals surface area contributed by atoms with Gasteiger partial charge in [0.25, 0.3) is 10.0 Å². The van der Waals surface area contributed by atoms with Crippen LogP contribution in [0, 0.1) is 19.7 Å². The van der Waals surface area contributed by atoms with E-state index in [2.05, 4.69) is 10.1 Å². The standard InChI is InChI=1S/C9H9FN4O4S/c1-4-7(5(2)18-13-4)19(16,17)14-8-6(10)3-11-9(15)12-8/h3H,1-2H3,(H2,11,12,14,15). The fraction of sp³-hybridized carbons (Fsp3) is 0.222. The quantitative estimate of drug-likeness (QED) is 0.839. The van der Waals surface area contributed by atoms with Crippen molar-refractivity contribution in [3.8, 4) is 0 Å². The van der Waals surface area contributed by atoms with Crippen molar-refractivity contribution in [2.45, 2.75) is 18.7 Å². The van der Waals surface area contributed by atoms with Gasteiger partial charge in [-0.05, 0) is 13.8 Å². The molecule has 0 saturated heterocycles. The van der Waals surface area contributed by atoms with Crippen molar-refractivity contribution in [2.24, 2.45) is 0 Å². The second-order valence-corrected chi connectivity index (χ2v) is 5.29. The lowest BCUT2D eigenvalue weighted by Crippen LogP contribution is -2.20. The Morgan fingerprint density at radius 3 is 2.68 bits per heavy atom. The van der Waals surface area contributed by atoms with Gasteiger partial charge in [0.15, 0.2) is 22.3 Å². The Kier molecular flexibility index (Phi) is 3.10. The van der Waals surface area contributed by atoms with Crippen LogP contribution in [0.15, 0.2) is 20.4 Å². The molecule has 8 nitrogen and oxygen atoms in total. The van der Waals surface area contributed by atoms with Crippen LogP contribution >= 0.6 is 0 Å². The number of nitrogens with zero attached hydrogens (tertiary/aromatic N) is 2. The summed E-state index contributed by atoms with van der Waals surface area (Å²) in [6.45, 7) is 2.83. The molecule has 0 atom stereocenters. The first-order chi connectivity index (χ1) is 8.81. The molecule has 0 aliphatic rings. The van der Waals surface area contributed by atoms with E-state index in [0.717, 1.165) is 0 Å². The summed E-state index contributed by atoms with van der Waals surface area (Å²) in [5.74, 6) is -1.54. The molecular weight excluding hydrogens is 279 g/mol. The second kappa shape index (κ2) is 4.46. The van der Waals surface area contributed by atoms with Gasteiger partial charge in [0, 0.05) is 0 Å². The zero-order valence-corrected chi connectivity index (χ0v) is 10.7. The van der Waals surface area contributed by atoms with Crippen molar-refractivity contribution >= 4 is 15.8 Å². The third kappa shape index (κ3) is 2.47. The molecule has 0 fully saturated rings. The molecule has 0 aromatic carbocycles. The molecule has 0 bridgehead atoms. The van der Waals surface area contributed by atoms with Crippen LogP contribution in [-0.4, -0.2) is 23.5 Å². The second-order valence-electron chi connectivity index (χ2n) is 3.67. The van der Waals surface area contributed by atoms with Gasteiger partial charge in [-0.3, -0.25) is 9.71 Å². The molecule has 0 amide bonds. The van der Waals surface area contributed by atoms with Crippen molar-refractivity contribution in [3.05, 3.63) is 34.0 Å². The van der Waals surface area contributed by atoms with Crippen molar-refractivity contribution in [1.29, 1.82) is 0 Å². The highest BCUT2D eigenvalue weighted by atomic mass is 32.2. The van der Waals surface area contributed by atoms with Crippen LogP contribution in [0.25, 0.3) is 0 Å². The number of H-pyrrole nitrogens is 1. The molecule has 2 aromatic heterocycles. The van der Waals surface area contributed by atoms with Crippen molar-refractivity contribution in [2.75, 3.05) is 4.72 Å². The Balaban J connectivity index is 2.48. The number of aryl methyl sites for hydroxylation is 2. The maximum absolute atomic E-state index is 13.3. The van der Waals surface area contributed by atoms with Gasteiger partial charge < -0.3 is 4.52 Å². The number of nitrogens with one attached hydrogen (secondary N) is 2. The summed E-state index contributed by atoms with van der Waals surface area (Å²) in [7, 11) is -4.11. The first-order valence-electron chi connectivity index (χ1n) is 5.02. The number of aromatic nitrogens is 3. The lowest BCUT2D eigenvalue weighted by Gasteiger charge is -2.07. The predicted molar refractivity (Wildman–Crippen MR) is 61.6 cm³/mol. The van der Waals surface area contributed by atoms with Crippen molar-refractivity contribution in [3.63, 3.8) is 0 Å². The van der Waals surface area contributed by atoms with E-state index in [-0.39, 0.29) is 16.3 Å². The molecule has 0 spiro atoms. The molecule has 0 unspecified atom stereocenters. The van der Waals surface area contributed by atoms with E-state index in [0.29, 0.717) is 6.20 Å². The monoisotopic (exact) mass is 288 g/mol. The molecule has 2 rings (SSSR count). The lowest BCUT2D eigenvalue weighted by molar-refractivity contribution is 0.390. The Bertz CT molecular complexity index is 760. The summed E-state index contributed by atoms with van der Waals surface area (Å²) < 4.78 is 44.1. The first kappa shape index (κ1) is 13.2. The molecule has 0 saturated carbocycles. The van der Waals surface area contributed by atoms with Crippen LogP contribution in [-0.2, 0) is 10.0 Å². The van der Waals surface area contributed by atoms with Gasteiger partial charge in [-0.15, -0.1) is 0 Å². The fourth-order valence-corrected chi connectivity index (χ4v) is 2.86. The van der Waals surface area contributed by atoms with Gasteiger partial charge in [0.1, 0.15) is 5.69 Å². The number of hydrogen-bond donors (Lipinski definition) is 2. The highest BCUT2D eigenvalue weighted by molar-refractivity contribution is 7.92. The van der Waals surface area contributed by atoms with E-state index in [1.807, 2.05) is 9.71 Å². The maximum Gasteiger partial charge on any atom is 0.346 e. The van der Waals surface area contributed by atoms with Crippen LogP contribution in [0.3, 0.4) is 0 Å². The zero-order valence-electron chi connectivity index (χ0n) is 9.89. The number of rotatable bonds is 3. The van der Waals surface area contributed by atoms with Gasteiger partial charge in [0.2, 0.25) is 0 Å². The number of halogens is 1. The van der Waals surface area contributed by atoms with Crippen LogP contribution in [0.5, 0.6) is 0 Å². The average Bonchev–Trinajstić information content (AvgIpc) is 2.64. The van der Waals surface area contributed by atoms with Gasteiger partial charge >= 0.3 is 5.69 Å². The minimum absolute atomic E-state index is 0.0572. The SMILES string of the molecule is Cc1noc(C)c1S(=O)(=O)Nc1[nH]c(=O)ncc1F. The largest absolute Gasteiger partial charge is 0.360 e. The first-order valence-corrected chi connectivity index (χ1v) is 6.50. The number of aromatic amines is 1. The Hall–Kier alpha value is -2.23. The Labute approximate surface area is 106 Å². The third-order valence-electron chi connectivity index (χ3n) is 2.24. The molecule has 19 heavy (non-hydrogen) atoms. The highest BCUT2D eigenvalue weighted by Gasteiger charge is 2.25. The maximum atomic E-state index is 13.3.